The average Bonchev–Trinajstić information content (AvgIpc) is 3.39. The lowest BCUT2D eigenvalue weighted by Crippen LogP contribution is -2.21. The molecule has 2 amide bonds. The van der Waals surface area contributed by atoms with Gasteiger partial charge >= 0.3 is 0 Å². The van der Waals surface area contributed by atoms with Crippen molar-refractivity contribution in [2.24, 2.45) is 5.10 Å². The van der Waals surface area contributed by atoms with Crippen molar-refractivity contribution in [3.05, 3.63) is 124 Å². The van der Waals surface area contributed by atoms with E-state index < -0.39 is 5.91 Å². The summed E-state index contributed by atoms with van der Waals surface area (Å²) < 4.78 is 5.35. The van der Waals surface area contributed by atoms with Gasteiger partial charge in [0.05, 0.1) is 29.5 Å². The first-order chi connectivity index (χ1) is 17.5. The third-order valence-corrected chi connectivity index (χ3v) is 6.44. The van der Waals surface area contributed by atoms with Crippen LogP contribution in [0.2, 0.25) is 5.02 Å². The van der Waals surface area contributed by atoms with E-state index in [1.54, 1.807) is 42.4 Å². The lowest BCUT2D eigenvalue weighted by Gasteiger charge is -2.11. The van der Waals surface area contributed by atoms with E-state index in [0.717, 1.165) is 34.0 Å². The Hall–Kier alpha value is -3.81. The second-order valence-electron chi connectivity index (χ2n) is 8.03. The molecule has 3 aromatic carbocycles. The zero-order chi connectivity index (χ0) is 25.3. The van der Waals surface area contributed by atoms with Crippen molar-refractivity contribution in [2.45, 2.75) is 18.4 Å². The number of hydrogen-bond donors (Lipinski definition) is 2. The number of hydrazone groups is 1. The molecule has 2 N–H and O–H groups in total. The van der Waals surface area contributed by atoms with E-state index in [1.807, 2.05) is 61.5 Å². The van der Waals surface area contributed by atoms with Gasteiger partial charge in [-0.25, -0.2) is 5.43 Å². The van der Waals surface area contributed by atoms with E-state index in [2.05, 4.69) is 15.8 Å². The second kappa shape index (κ2) is 12.2. The molecular formula is C28H24ClN3O3S. The van der Waals surface area contributed by atoms with Gasteiger partial charge in [0.25, 0.3) is 11.8 Å². The summed E-state index contributed by atoms with van der Waals surface area (Å²) in [5.74, 6) is 1.58. The Bertz CT molecular complexity index is 1390. The summed E-state index contributed by atoms with van der Waals surface area (Å²) in [6.07, 6.45) is 3.21. The minimum atomic E-state index is -0.486. The molecule has 4 aromatic rings. The maximum atomic E-state index is 13.0. The molecule has 4 rings (SSSR count). The molecule has 0 fully saturated rings. The molecule has 1 aromatic heterocycles. The number of carbonyl (C=O) groups excluding carboxylic acids is 2. The number of anilines is 1. The Kier molecular flexibility index (Phi) is 8.60. The first kappa shape index (κ1) is 25.3. The summed E-state index contributed by atoms with van der Waals surface area (Å²) in [6, 6.07) is 23.6. The van der Waals surface area contributed by atoms with Crippen LogP contribution in [0.3, 0.4) is 0 Å². The Morgan fingerprint density at radius 2 is 1.83 bits per heavy atom. The van der Waals surface area contributed by atoms with E-state index in [4.69, 9.17) is 16.0 Å². The van der Waals surface area contributed by atoms with Crippen molar-refractivity contribution < 1.29 is 14.0 Å². The molecule has 0 radical (unpaired) electrons. The van der Waals surface area contributed by atoms with Gasteiger partial charge in [-0.1, -0.05) is 53.6 Å². The quantitative estimate of drug-likeness (QED) is 0.191. The van der Waals surface area contributed by atoms with Crippen LogP contribution in [0.25, 0.3) is 0 Å². The summed E-state index contributed by atoms with van der Waals surface area (Å²) in [6.45, 7) is 1.98. The van der Waals surface area contributed by atoms with Crippen LogP contribution >= 0.6 is 23.4 Å². The summed E-state index contributed by atoms with van der Waals surface area (Å²) in [5.41, 5.74) is 6.50. The maximum absolute atomic E-state index is 13.0. The van der Waals surface area contributed by atoms with Crippen molar-refractivity contribution in [1.82, 2.24) is 5.43 Å². The second-order valence-corrected chi connectivity index (χ2v) is 9.45. The molecule has 0 aliphatic heterocycles. The van der Waals surface area contributed by atoms with Crippen LogP contribution in [0, 0.1) is 6.92 Å². The maximum Gasteiger partial charge on any atom is 0.273 e. The number of hydrogen-bond acceptors (Lipinski definition) is 5. The van der Waals surface area contributed by atoms with E-state index in [9.17, 15) is 9.59 Å². The number of nitrogens with one attached hydrogen (secondary N) is 2. The Labute approximate surface area is 218 Å². The molecule has 8 heteroatoms. The van der Waals surface area contributed by atoms with Gasteiger partial charge in [0.1, 0.15) is 5.76 Å². The van der Waals surface area contributed by atoms with Crippen LogP contribution in [0.4, 0.5) is 5.69 Å². The van der Waals surface area contributed by atoms with Crippen molar-refractivity contribution in [3.63, 3.8) is 0 Å². The highest BCUT2D eigenvalue weighted by molar-refractivity contribution is 7.97. The lowest BCUT2D eigenvalue weighted by atomic mass is 10.1. The van der Waals surface area contributed by atoms with Crippen molar-refractivity contribution in [3.8, 4) is 0 Å². The predicted molar refractivity (Wildman–Crippen MR) is 146 cm³/mol. The first-order valence-electron chi connectivity index (χ1n) is 11.2. The lowest BCUT2D eigenvalue weighted by molar-refractivity contribution is 0.0956. The number of furan rings is 1. The molecule has 36 heavy (non-hydrogen) atoms. The third-order valence-electron chi connectivity index (χ3n) is 5.18. The van der Waals surface area contributed by atoms with Gasteiger partial charge < -0.3 is 9.73 Å². The van der Waals surface area contributed by atoms with Crippen LogP contribution in [-0.2, 0) is 11.5 Å². The third kappa shape index (κ3) is 7.10. The monoisotopic (exact) mass is 517 g/mol. The molecule has 0 atom stereocenters. The molecule has 1 heterocycles. The molecular weight excluding hydrogens is 494 g/mol. The molecule has 0 unspecified atom stereocenters. The van der Waals surface area contributed by atoms with E-state index in [-0.39, 0.29) is 11.5 Å². The van der Waals surface area contributed by atoms with Gasteiger partial charge in [-0.15, -0.1) is 11.8 Å². The Morgan fingerprint density at radius 1 is 0.972 bits per heavy atom. The number of thioether (sulfide) groups is 1. The van der Waals surface area contributed by atoms with Crippen molar-refractivity contribution >= 4 is 47.1 Å². The van der Waals surface area contributed by atoms with E-state index >= 15 is 0 Å². The molecule has 0 aliphatic carbocycles. The first-order valence-corrected chi connectivity index (χ1v) is 12.7. The molecule has 0 aliphatic rings. The van der Waals surface area contributed by atoms with Gasteiger partial charge in [-0.05, 0) is 60.5 Å². The standard InChI is InChI=1S/C28H24ClN3O3S/c1-19-5-2-6-20(13-19)16-30-32-28(34)25-15-23(29)10-11-26(25)31-27(33)22-8-3-7-21(14-22)17-36-18-24-9-4-12-35-24/h2-16H,17-18H2,1H3,(H,31,33)(H,32,34). The zero-order valence-corrected chi connectivity index (χ0v) is 21.1. The van der Waals surface area contributed by atoms with Gasteiger partial charge in [0.15, 0.2) is 0 Å². The van der Waals surface area contributed by atoms with E-state index in [1.165, 1.54) is 6.07 Å². The summed E-state index contributed by atoms with van der Waals surface area (Å²) >= 11 is 7.82. The zero-order valence-electron chi connectivity index (χ0n) is 19.5. The number of aryl methyl sites for hydroxylation is 1. The van der Waals surface area contributed by atoms with Crippen LogP contribution in [-0.4, -0.2) is 18.0 Å². The number of halogens is 1. The molecule has 182 valence electrons. The van der Waals surface area contributed by atoms with Crippen molar-refractivity contribution in [2.75, 3.05) is 5.32 Å². The largest absolute Gasteiger partial charge is 0.468 e. The van der Waals surface area contributed by atoms with Gasteiger partial charge in [0, 0.05) is 16.3 Å². The predicted octanol–water partition coefficient (Wildman–Crippen LogP) is 6.69. The molecule has 0 bridgehead atoms. The normalized spacial score (nSPS) is 10.9. The number of carbonyl (C=O) groups is 2. The Balaban J connectivity index is 1.42. The topological polar surface area (TPSA) is 83.7 Å². The van der Waals surface area contributed by atoms with Crippen molar-refractivity contribution in [1.29, 1.82) is 0 Å². The fourth-order valence-corrected chi connectivity index (χ4v) is 4.51. The number of rotatable bonds is 9. The average molecular weight is 518 g/mol. The van der Waals surface area contributed by atoms with Gasteiger partial charge in [-0.3, -0.25) is 9.59 Å². The number of amides is 2. The van der Waals surface area contributed by atoms with Crippen LogP contribution in [0.15, 0.2) is 94.6 Å². The highest BCUT2D eigenvalue weighted by Crippen LogP contribution is 2.23. The Morgan fingerprint density at radius 3 is 2.64 bits per heavy atom. The highest BCUT2D eigenvalue weighted by atomic mass is 35.5. The fourth-order valence-electron chi connectivity index (χ4n) is 3.45. The molecule has 0 spiro atoms. The summed E-state index contributed by atoms with van der Waals surface area (Å²) in [5, 5.41) is 7.23. The summed E-state index contributed by atoms with van der Waals surface area (Å²) in [4.78, 5) is 25.8. The number of benzene rings is 3. The number of nitrogens with zero attached hydrogens (tertiary/aromatic N) is 1. The smallest absolute Gasteiger partial charge is 0.273 e. The molecule has 0 saturated carbocycles. The van der Waals surface area contributed by atoms with Crippen LogP contribution < -0.4 is 10.7 Å². The van der Waals surface area contributed by atoms with Gasteiger partial charge in [-0.2, -0.15) is 5.10 Å². The molecule has 6 nitrogen and oxygen atoms in total. The SMILES string of the molecule is Cc1cccc(C=NNC(=O)c2cc(Cl)ccc2NC(=O)c2cccc(CSCc3ccco3)c2)c1. The minimum Gasteiger partial charge on any atom is -0.468 e. The van der Waals surface area contributed by atoms with Crippen LogP contribution in [0.5, 0.6) is 0 Å². The fraction of sp³-hybridized carbons (Fsp3) is 0.107. The van der Waals surface area contributed by atoms with Crippen LogP contribution in [0.1, 0.15) is 43.2 Å². The molecule has 0 saturated heterocycles. The highest BCUT2D eigenvalue weighted by Gasteiger charge is 2.15. The van der Waals surface area contributed by atoms with E-state index in [0.29, 0.717) is 16.3 Å². The minimum absolute atomic E-state index is 0.211. The van der Waals surface area contributed by atoms with Gasteiger partial charge in [0.2, 0.25) is 0 Å². The summed E-state index contributed by atoms with van der Waals surface area (Å²) in [7, 11) is 0.